The fraction of sp³-hybridized carbons (Fsp3) is 0.550. The quantitative estimate of drug-likeness (QED) is 0.761. The van der Waals surface area contributed by atoms with Crippen LogP contribution in [0.15, 0.2) is 12.4 Å². The number of ether oxygens (including phenoxy) is 1. The van der Waals surface area contributed by atoms with Crippen molar-refractivity contribution in [2.45, 2.75) is 57.0 Å². The first kappa shape index (κ1) is 20.7. The van der Waals surface area contributed by atoms with Crippen molar-refractivity contribution in [1.29, 1.82) is 0 Å². The predicted molar refractivity (Wildman–Crippen MR) is 109 cm³/mol. The molecule has 0 spiro atoms. The fourth-order valence-corrected chi connectivity index (χ4v) is 4.24. The predicted octanol–water partition coefficient (Wildman–Crippen LogP) is 2.42. The summed E-state index contributed by atoms with van der Waals surface area (Å²) in [6.07, 6.45) is 0.292. The van der Waals surface area contributed by atoms with Gasteiger partial charge in [0.25, 0.3) is 0 Å². The van der Waals surface area contributed by atoms with Crippen molar-refractivity contribution >= 4 is 23.4 Å². The molecule has 170 valence electrons. The molecule has 0 unspecified atom stereocenters. The van der Waals surface area contributed by atoms with Gasteiger partial charge in [0.05, 0.1) is 18.1 Å². The van der Waals surface area contributed by atoms with Gasteiger partial charge in [0.1, 0.15) is 17.8 Å². The molecule has 0 radical (unpaired) electrons. The molecule has 2 aromatic heterocycles. The second-order valence-corrected chi connectivity index (χ2v) is 8.34. The molecule has 1 atom stereocenters. The summed E-state index contributed by atoms with van der Waals surface area (Å²) < 4.78 is 43.3. The SMILES string of the molecule is C[C@H]1C(=O)N2CCCc3nc(N[C@H]4C[C@@H](Oc5cnc(C(F)(F)F)nc5)C4)nc(c32)N1C. The topological polar surface area (TPSA) is 96.4 Å². The number of likely N-dealkylation sites (N-methyl/N-ethyl adjacent to an activating group) is 1. The van der Waals surface area contributed by atoms with Gasteiger partial charge in [-0.15, -0.1) is 0 Å². The average Bonchev–Trinajstić information content (AvgIpc) is 2.74. The number of carbonyl (C=O) groups excluding carboxylic acids is 1. The van der Waals surface area contributed by atoms with Crippen LogP contribution in [0.4, 0.5) is 30.6 Å². The van der Waals surface area contributed by atoms with Crippen LogP contribution in [-0.2, 0) is 17.4 Å². The van der Waals surface area contributed by atoms with Crippen molar-refractivity contribution in [2.24, 2.45) is 0 Å². The lowest BCUT2D eigenvalue weighted by Crippen LogP contribution is -2.53. The molecule has 3 aliphatic rings. The van der Waals surface area contributed by atoms with Crippen molar-refractivity contribution in [3.63, 3.8) is 0 Å². The number of carbonyl (C=O) groups is 1. The van der Waals surface area contributed by atoms with E-state index in [1.165, 1.54) is 0 Å². The van der Waals surface area contributed by atoms with Crippen LogP contribution >= 0.6 is 0 Å². The van der Waals surface area contributed by atoms with Crippen LogP contribution in [0, 0.1) is 0 Å². The monoisotopic (exact) mass is 449 g/mol. The number of aryl methyl sites for hydroxylation is 1. The summed E-state index contributed by atoms with van der Waals surface area (Å²) in [7, 11) is 1.86. The van der Waals surface area contributed by atoms with Crippen LogP contribution in [0.3, 0.4) is 0 Å². The molecule has 2 aromatic rings. The first-order valence-corrected chi connectivity index (χ1v) is 10.5. The minimum atomic E-state index is -4.58. The van der Waals surface area contributed by atoms with Crippen LogP contribution in [0.2, 0.25) is 0 Å². The zero-order valence-electron chi connectivity index (χ0n) is 17.6. The van der Waals surface area contributed by atoms with E-state index in [9.17, 15) is 18.0 Å². The standard InChI is InChI=1S/C20H22F3N7O2/c1-10-17(31)30-5-3-4-14-15(30)16(29(10)2)28-19(27-14)26-11-6-12(7-11)32-13-8-24-18(25-9-13)20(21,22)23/h8-12H,3-7H2,1-2H3,(H,26,27,28)/t10-,11-,12+/m0/s1. The molecule has 4 heterocycles. The van der Waals surface area contributed by atoms with Gasteiger partial charge < -0.3 is 19.9 Å². The lowest BCUT2D eigenvalue weighted by atomic mass is 9.89. The smallest absolute Gasteiger partial charge is 0.451 e. The Morgan fingerprint density at radius 2 is 1.91 bits per heavy atom. The number of hydrogen-bond acceptors (Lipinski definition) is 8. The summed E-state index contributed by atoms with van der Waals surface area (Å²) in [5.74, 6) is 0.340. The third kappa shape index (κ3) is 3.56. The molecule has 0 bridgehead atoms. The molecule has 1 aliphatic carbocycles. The van der Waals surface area contributed by atoms with Crippen LogP contribution < -0.4 is 19.9 Å². The summed E-state index contributed by atoms with van der Waals surface area (Å²) in [6.45, 7) is 2.55. The van der Waals surface area contributed by atoms with Crippen LogP contribution in [0.1, 0.15) is 37.7 Å². The van der Waals surface area contributed by atoms with E-state index in [1.807, 2.05) is 18.9 Å². The molecular formula is C20H22F3N7O2. The van der Waals surface area contributed by atoms with E-state index in [4.69, 9.17) is 4.74 Å². The van der Waals surface area contributed by atoms with E-state index in [0.29, 0.717) is 25.3 Å². The number of aromatic nitrogens is 4. The number of amides is 1. The van der Waals surface area contributed by atoms with E-state index in [0.717, 1.165) is 42.4 Å². The van der Waals surface area contributed by atoms with E-state index in [1.54, 1.807) is 4.90 Å². The summed E-state index contributed by atoms with van der Waals surface area (Å²) in [5, 5.41) is 3.32. The van der Waals surface area contributed by atoms with Gasteiger partial charge in [0.2, 0.25) is 17.7 Å². The van der Waals surface area contributed by atoms with Crippen molar-refractivity contribution in [2.75, 3.05) is 28.7 Å². The third-order valence-corrected chi connectivity index (χ3v) is 6.15. The van der Waals surface area contributed by atoms with Crippen molar-refractivity contribution in [1.82, 2.24) is 19.9 Å². The lowest BCUT2D eigenvalue weighted by molar-refractivity contribution is -0.145. The average molecular weight is 449 g/mol. The minimum Gasteiger partial charge on any atom is -0.487 e. The second-order valence-electron chi connectivity index (χ2n) is 8.34. The minimum absolute atomic E-state index is 0.0662. The summed E-state index contributed by atoms with van der Waals surface area (Å²) in [4.78, 5) is 32.2. The molecule has 1 saturated carbocycles. The summed E-state index contributed by atoms with van der Waals surface area (Å²) in [5.41, 5.74) is 1.68. The van der Waals surface area contributed by atoms with Gasteiger partial charge in [-0.05, 0) is 19.8 Å². The molecule has 1 fully saturated rings. The van der Waals surface area contributed by atoms with E-state index >= 15 is 0 Å². The molecule has 2 aliphatic heterocycles. The van der Waals surface area contributed by atoms with Gasteiger partial charge in [-0.2, -0.15) is 18.2 Å². The molecular weight excluding hydrogens is 427 g/mol. The number of hydrogen-bond donors (Lipinski definition) is 1. The van der Waals surface area contributed by atoms with Crippen LogP contribution in [0.25, 0.3) is 0 Å². The van der Waals surface area contributed by atoms with Gasteiger partial charge in [0, 0.05) is 32.5 Å². The maximum Gasteiger partial charge on any atom is 0.451 e. The Hall–Kier alpha value is -3.18. The van der Waals surface area contributed by atoms with Crippen molar-refractivity contribution < 1.29 is 22.7 Å². The Morgan fingerprint density at radius 1 is 1.19 bits per heavy atom. The van der Waals surface area contributed by atoms with E-state index in [-0.39, 0.29) is 29.8 Å². The highest BCUT2D eigenvalue weighted by Crippen LogP contribution is 2.40. The van der Waals surface area contributed by atoms with Gasteiger partial charge in [-0.3, -0.25) is 4.79 Å². The number of rotatable bonds is 4. The van der Waals surface area contributed by atoms with Gasteiger partial charge >= 0.3 is 6.18 Å². The largest absolute Gasteiger partial charge is 0.487 e. The Balaban J connectivity index is 1.24. The lowest BCUT2D eigenvalue weighted by Gasteiger charge is -2.42. The maximum atomic E-state index is 12.6. The van der Waals surface area contributed by atoms with Crippen LogP contribution in [0.5, 0.6) is 5.75 Å². The molecule has 1 amide bonds. The Kier molecular flexibility index (Phi) is 4.82. The second kappa shape index (κ2) is 7.45. The first-order valence-electron chi connectivity index (χ1n) is 10.5. The molecule has 5 rings (SSSR count). The zero-order valence-corrected chi connectivity index (χ0v) is 17.6. The molecule has 9 nitrogen and oxygen atoms in total. The Bertz CT molecular complexity index is 1040. The number of halogens is 3. The summed E-state index contributed by atoms with van der Waals surface area (Å²) >= 11 is 0. The maximum absolute atomic E-state index is 12.6. The zero-order chi connectivity index (χ0) is 22.6. The first-order chi connectivity index (χ1) is 15.2. The van der Waals surface area contributed by atoms with E-state index < -0.39 is 12.0 Å². The molecule has 32 heavy (non-hydrogen) atoms. The van der Waals surface area contributed by atoms with E-state index in [2.05, 4.69) is 25.3 Å². The van der Waals surface area contributed by atoms with Crippen molar-refractivity contribution in [3.05, 3.63) is 23.9 Å². The highest BCUT2D eigenvalue weighted by atomic mass is 19.4. The number of alkyl halides is 3. The van der Waals surface area contributed by atoms with Crippen molar-refractivity contribution in [3.8, 4) is 5.75 Å². The Labute approximate surface area is 182 Å². The van der Waals surface area contributed by atoms with Crippen LogP contribution in [-0.4, -0.2) is 57.6 Å². The molecule has 0 saturated heterocycles. The molecule has 12 heteroatoms. The Morgan fingerprint density at radius 3 is 2.59 bits per heavy atom. The summed E-state index contributed by atoms with van der Waals surface area (Å²) in [6, 6.07) is -0.211. The van der Waals surface area contributed by atoms with Gasteiger partial charge in [0.15, 0.2) is 11.6 Å². The van der Waals surface area contributed by atoms with Gasteiger partial charge in [-0.25, -0.2) is 15.0 Å². The number of nitrogens with zero attached hydrogens (tertiary/aromatic N) is 6. The number of anilines is 3. The highest BCUT2D eigenvalue weighted by molar-refractivity contribution is 6.05. The molecule has 1 N–H and O–H groups in total. The highest BCUT2D eigenvalue weighted by Gasteiger charge is 2.40. The number of nitrogens with one attached hydrogen (secondary N) is 1. The normalized spacial score (nSPS) is 24.7. The molecule has 0 aromatic carbocycles. The van der Waals surface area contributed by atoms with Gasteiger partial charge in [-0.1, -0.05) is 0 Å². The third-order valence-electron chi connectivity index (χ3n) is 6.15. The fourth-order valence-electron chi connectivity index (χ4n) is 4.24.